The van der Waals surface area contributed by atoms with E-state index in [2.05, 4.69) is 15.1 Å². The molecule has 0 amide bonds. The van der Waals surface area contributed by atoms with Gasteiger partial charge in [0.25, 0.3) is 0 Å². The average Bonchev–Trinajstić information content (AvgIpc) is 2.67. The van der Waals surface area contributed by atoms with Gasteiger partial charge < -0.3 is 5.11 Å². The molecule has 0 atom stereocenters. The first-order chi connectivity index (χ1) is 8.15. The summed E-state index contributed by atoms with van der Waals surface area (Å²) in [5, 5.41) is 13.4. The molecule has 2 heterocycles. The first-order valence-corrected chi connectivity index (χ1v) is 5.99. The number of hydrogen-bond donors (Lipinski definition) is 1. The Kier molecular flexibility index (Phi) is 3.36. The number of carbonyl (C=O) groups is 1. The molecule has 0 spiro atoms. The average molecular weight is 344 g/mol. The number of hydrogen-bond acceptors (Lipinski definition) is 4. The van der Waals surface area contributed by atoms with Crippen molar-refractivity contribution in [1.29, 1.82) is 0 Å². The first-order valence-electron chi connectivity index (χ1n) is 4.91. The molecule has 2 aromatic rings. The van der Waals surface area contributed by atoms with Gasteiger partial charge in [0.2, 0.25) is 0 Å². The first kappa shape index (κ1) is 12.0. The zero-order valence-corrected chi connectivity index (χ0v) is 11.1. The van der Waals surface area contributed by atoms with Gasteiger partial charge in [-0.3, -0.25) is 14.6 Å². The number of rotatable bonds is 3. The Balaban J connectivity index is 2.61. The van der Waals surface area contributed by atoms with Crippen LogP contribution in [0.1, 0.15) is 17.4 Å². The van der Waals surface area contributed by atoms with Gasteiger partial charge in [0.05, 0.1) is 9.77 Å². The quantitative estimate of drug-likeness (QED) is 0.857. The van der Waals surface area contributed by atoms with Gasteiger partial charge in [0.15, 0.2) is 5.69 Å². The highest BCUT2D eigenvalue weighted by Gasteiger charge is 2.22. The number of carboxylic acids is 1. The Labute approximate surface area is 111 Å². The number of carboxylic acid groups (broad SMARTS) is 1. The van der Waals surface area contributed by atoms with Crippen molar-refractivity contribution in [2.75, 3.05) is 0 Å². The van der Waals surface area contributed by atoms with Crippen LogP contribution in [0.2, 0.25) is 0 Å². The molecule has 0 aliphatic heterocycles. The third-order valence-electron chi connectivity index (χ3n) is 2.20. The maximum absolute atomic E-state index is 11.1. The van der Waals surface area contributed by atoms with Crippen molar-refractivity contribution in [1.82, 2.24) is 19.7 Å². The molecule has 88 valence electrons. The minimum absolute atomic E-state index is 0.189. The number of nitrogens with zero attached hydrogens (tertiary/aromatic N) is 4. The summed E-state index contributed by atoms with van der Waals surface area (Å²) in [6.07, 6.45) is 4.68. The second-order valence-electron chi connectivity index (χ2n) is 3.22. The predicted molar refractivity (Wildman–Crippen MR) is 68.6 cm³/mol. The monoisotopic (exact) mass is 344 g/mol. The van der Waals surface area contributed by atoms with Crippen LogP contribution >= 0.6 is 22.6 Å². The van der Waals surface area contributed by atoms with Crippen LogP contribution in [0, 0.1) is 3.57 Å². The Hall–Kier alpha value is -1.51. The Morgan fingerprint density at radius 3 is 2.76 bits per heavy atom. The van der Waals surface area contributed by atoms with E-state index in [1.165, 1.54) is 4.68 Å². The summed E-state index contributed by atoms with van der Waals surface area (Å²) >= 11 is 1.97. The minimum atomic E-state index is -0.987. The standard InChI is InChI=1S/C10H9IN4O2/c1-2-15-9(10(16)17)7(11)8(14-15)6-5-12-3-4-13-6/h3-5H,2H2,1H3,(H,16,17). The fourth-order valence-corrected chi connectivity index (χ4v) is 2.35. The molecule has 0 saturated heterocycles. The van der Waals surface area contributed by atoms with Crippen molar-refractivity contribution in [3.63, 3.8) is 0 Å². The zero-order valence-electron chi connectivity index (χ0n) is 8.96. The van der Waals surface area contributed by atoms with Gasteiger partial charge >= 0.3 is 5.97 Å². The molecule has 17 heavy (non-hydrogen) atoms. The normalized spacial score (nSPS) is 10.5. The highest BCUT2D eigenvalue weighted by Crippen LogP contribution is 2.25. The molecule has 0 fully saturated rings. The van der Waals surface area contributed by atoms with Crippen molar-refractivity contribution in [3.05, 3.63) is 27.9 Å². The van der Waals surface area contributed by atoms with E-state index < -0.39 is 5.97 Å². The Bertz CT molecular complexity index is 553. The molecule has 6 nitrogen and oxygen atoms in total. The van der Waals surface area contributed by atoms with Gasteiger partial charge in [-0.15, -0.1) is 0 Å². The smallest absolute Gasteiger partial charge is 0.355 e. The molecular weight excluding hydrogens is 335 g/mol. The molecule has 0 saturated carbocycles. The van der Waals surface area contributed by atoms with E-state index in [0.29, 0.717) is 21.5 Å². The van der Waals surface area contributed by atoms with Crippen molar-refractivity contribution < 1.29 is 9.90 Å². The molecule has 0 radical (unpaired) electrons. The summed E-state index contributed by atoms with van der Waals surface area (Å²) in [6, 6.07) is 0. The summed E-state index contributed by atoms with van der Waals surface area (Å²) in [4.78, 5) is 19.2. The van der Waals surface area contributed by atoms with Crippen molar-refractivity contribution in [3.8, 4) is 11.4 Å². The maximum atomic E-state index is 11.1. The van der Waals surface area contributed by atoms with Crippen molar-refractivity contribution in [2.24, 2.45) is 0 Å². The van der Waals surface area contributed by atoms with E-state index in [1.807, 2.05) is 29.5 Å². The van der Waals surface area contributed by atoms with E-state index in [4.69, 9.17) is 5.11 Å². The molecule has 0 aromatic carbocycles. The molecular formula is C10H9IN4O2. The number of aryl methyl sites for hydroxylation is 1. The highest BCUT2D eigenvalue weighted by molar-refractivity contribution is 14.1. The highest BCUT2D eigenvalue weighted by atomic mass is 127. The molecule has 0 bridgehead atoms. The molecule has 0 aliphatic rings. The fraction of sp³-hybridized carbons (Fsp3) is 0.200. The summed E-state index contributed by atoms with van der Waals surface area (Å²) < 4.78 is 2.03. The van der Waals surface area contributed by atoms with Crippen LogP contribution in [0.25, 0.3) is 11.4 Å². The Morgan fingerprint density at radius 1 is 1.53 bits per heavy atom. The number of halogens is 1. The van der Waals surface area contributed by atoms with E-state index in [9.17, 15) is 4.79 Å². The van der Waals surface area contributed by atoms with Crippen molar-refractivity contribution >= 4 is 28.6 Å². The van der Waals surface area contributed by atoms with Crippen LogP contribution in [0.4, 0.5) is 0 Å². The lowest BCUT2D eigenvalue weighted by Gasteiger charge is -1.98. The largest absolute Gasteiger partial charge is 0.476 e. The van der Waals surface area contributed by atoms with Crippen LogP contribution in [-0.2, 0) is 6.54 Å². The van der Waals surface area contributed by atoms with Gasteiger partial charge in [-0.25, -0.2) is 4.79 Å². The van der Waals surface area contributed by atoms with Crippen LogP contribution in [0.5, 0.6) is 0 Å². The summed E-state index contributed by atoms with van der Waals surface area (Å²) in [5.41, 5.74) is 1.32. The summed E-state index contributed by atoms with van der Waals surface area (Å²) in [6.45, 7) is 2.34. The lowest BCUT2D eigenvalue weighted by atomic mass is 10.3. The van der Waals surface area contributed by atoms with Crippen molar-refractivity contribution in [2.45, 2.75) is 13.5 Å². The summed E-state index contributed by atoms with van der Waals surface area (Å²) in [7, 11) is 0. The molecule has 0 aliphatic carbocycles. The second kappa shape index (κ2) is 4.78. The maximum Gasteiger partial charge on any atom is 0.355 e. The zero-order chi connectivity index (χ0) is 12.4. The lowest BCUT2D eigenvalue weighted by Crippen LogP contribution is -2.09. The van der Waals surface area contributed by atoms with Crippen LogP contribution in [0.3, 0.4) is 0 Å². The number of aromatic nitrogens is 4. The van der Waals surface area contributed by atoms with E-state index in [1.54, 1.807) is 18.6 Å². The fourth-order valence-electron chi connectivity index (χ4n) is 1.46. The van der Waals surface area contributed by atoms with Gasteiger partial charge in [0.1, 0.15) is 11.4 Å². The molecule has 1 N–H and O–H groups in total. The summed E-state index contributed by atoms with van der Waals surface area (Å²) in [5.74, 6) is -0.987. The van der Waals surface area contributed by atoms with Crippen LogP contribution in [-0.4, -0.2) is 30.8 Å². The van der Waals surface area contributed by atoms with Gasteiger partial charge in [-0.2, -0.15) is 5.10 Å². The second-order valence-corrected chi connectivity index (χ2v) is 4.30. The predicted octanol–water partition coefficient (Wildman–Crippen LogP) is 1.66. The van der Waals surface area contributed by atoms with Gasteiger partial charge in [-0.1, -0.05) is 0 Å². The van der Waals surface area contributed by atoms with E-state index in [0.717, 1.165) is 0 Å². The van der Waals surface area contributed by atoms with E-state index in [-0.39, 0.29) is 5.69 Å². The topological polar surface area (TPSA) is 80.9 Å². The lowest BCUT2D eigenvalue weighted by molar-refractivity contribution is 0.0682. The third kappa shape index (κ3) is 2.14. The third-order valence-corrected chi connectivity index (χ3v) is 3.22. The van der Waals surface area contributed by atoms with Gasteiger partial charge in [0, 0.05) is 18.9 Å². The SMILES string of the molecule is CCn1nc(-c2cnccn2)c(I)c1C(=O)O. The van der Waals surface area contributed by atoms with Crippen LogP contribution < -0.4 is 0 Å². The minimum Gasteiger partial charge on any atom is -0.476 e. The molecule has 0 unspecified atom stereocenters. The van der Waals surface area contributed by atoms with E-state index >= 15 is 0 Å². The molecule has 2 aromatic heterocycles. The van der Waals surface area contributed by atoms with Crippen LogP contribution in [0.15, 0.2) is 18.6 Å². The van der Waals surface area contributed by atoms with Gasteiger partial charge in [-0.05, 0) is 29.5 Å². The Morgan fingerprint density at radius 2 is 2.29 bits per heavy atom. The number of aromatic carboxylic acids is 1. The molecule has 2 rings (SSSR count). The molecule has 7 heteroatoms.